The average molecular weight is 310 g/mol. The Morgan fingerprint density at radius 2 is 1.00 bits per heavy atom. The van der Waals surface area contributed by atoms with Crippen molar-refractivity contribution < 1.29 is 19.2 Å². The quantitative estimate of drug-likeness (QED) is 0.597. The summed E-state index contributed by atoms with van der Waals surface area (Å²) in [5, 5.41) is 4.57. The molecule has 122 valence electrons. The fourth-order valence-electron chi connectivity index (χ4n) is 3.34. The summed E-state index contributed by atoms with van der Waals surface area (Å²) >= 11 is 0. The van der Waals surface area contributed by atoms with Crippen molar-refractivity contribution >= 4 is 23.6 Å². The maximum atomic E-state index is 11.6. The van der Waals surface area contributed by atoms with Gasteiger partial charge in [0.1, 0.15) is 0 Å². The van der Waals surface area contributed by atoms with E-state index in [1.807, 2.05) is 23.6 Å². The van der Waals surface area contributed by atoms with E-state index in [0.717, 1.165) is 12.8 Å². The predicted molar refractivity (Wildman–Crippen MR) is 77.6 cm³/mol. The van der Waals surface area contributed by atoms with Crippen molar-refractivity contribution in [2.45, 2.75) is 38.8 Å². The fourth-order valence-corrected chi connectivity index (χ4v) is 3.34. The van der Waals surface area contributed by atoms with E-state index >= 15 is 0 Å². The molecule has 0 aromatic carbocycles. The Kier molecular flexibility index (Phi) is 5.25. The topological polar surface area (TPSA) is 98.8 Å². The average Bonchev–Trinajstić information content (AvgIpc) is 2.42. The van der Waals surface area contributed by atoms with Gasteiger partial charge in [0.25, 0.3) is 0 Å². The van der Waals surface area contributed by atoms with E-state index in [0.29, 0.717) is 0 Å². The van der Waals surface area contributed by atoms with Gasteiger partial charge in [-0.05, 0) is 12.8 Å². The van der Waals surface area contributed by atoms with Crippen LogP contribution in [0.1, 0.15) is 26.7 Å². The second-order valence-electron chi connectivity index (χ2n) is 5.70. The molecule has 8 nitrogen and oxygen atoms in total. The van der Waals surface area contributed by atoms with Gasteiger partial charge in [-0.15, -0.1) is 0 Å². The highest BCUT2D eigenvalue weighted by atomic mass is 16.2. The molecule has 2 heterocycles. The van der Waals surface area contributed by atoms with Gasteiger partial charge in [-0.1, -0.05) is 13.8 Å². The summed E-state index contributed by atoms with van der Waals surface area (Å²) < 4.78 is 0. The van der Waals surface area contributed by atoms with Gasteiger partial charge < -0.3 is 0 Å². The summed E-state index contributed by atoms with van der Waals surface area (Å²) in [6, 6.07) is -0.114. The first-order valence-corrected chi connectivity index (χ1v) is 7.58. The van der Waals surface area contributed by atoms with Crippen molar-refractivity contribution in [3.8, 4) is 0 Å². The van der Waals surface area contributed by atoms with Crippen molar-refractivity contribution in [2.75, 3.05) is 26.2 Å². The molecule has 8 heteroatoms. The number of piperazine rings is 2. The minimum absolute atomic E-state index is 0.0568. The molecule has 0 radical (unpaired) electrons. The number of carbonyl (C=O) groups excluding carboxylic acids is 4. The maximum absolute atomic E-state index is 11.6. The van der Waals surface area contributed by atoms with Gasteiger partial charge in [0.05, 0.1) is 26.2 Å². The highest BCUT2D eigenvalue weighted by molar-refractivity contribution is 6.00. The molecule has 0 spiro atoms. The van der Waals surface area contributed by atoms with Crippen molar-refractivity contribution in [3.63, 3.8) is 0 Å². The van der Waals surface area contributed by atoms with Crippen LogP contribution in [0.2, 0.25) is 0 Å². The van der Waals surface area contributed by atoms with E-state index in [4.69, 9.17) is 0 Å². The van der Waals surface area contributed by atoms with Crippen LogP contribution in [-0.2, 0) is 19.2 Å². The molecule has 0 aliphatic carbocycles. The molecular weight excluding hydrogens is 288 g/mol. The normalized spacial score (nSPS) is 23.9. The van der Waals surface area contributed by atoms with Crippen LogP contribution in [0.4, 0.5) is 0 Å². The Morgan fingerprint density at radius 1 is 0.727 bits per heavy atom. The number of imide groups is 2. The molecule has 2 rings (SSSR count). The molecule has 2 N–H and O–H groups in total. The van der Waals surface area contributed by atoms with Gasteiger partial charge in [-0.25, -0.2) is 0 Å². The van der Waals surface area contributed by atoms with Gasteiger partial charge in [-0.3, -0.25) is 39.6 Å². The van der Waals surface area contributed by atoms with Crippen LogP contribution in [0.3, 0.4) is 0 Å². The number of amides is 4. The second kappa shape index (κ2) is 6.97. The van der Waals surface area contributed by atoms with E-state index in [-0.39, 0.29) is 61.9 Å². The molecule has 2 atom stereocenters. The summed E-state index contributed by atoms with van der Waals surface area (Å²) in [6.07, 6.45) is 1.46. The Hall–Kier alpha value is -1.80. The minimum atomic E-state index is -0.308. The molecular formula is C14H22N4O4. The molecule has 0 aromatic heterocycles. The Labute approximate surface area is 129 Å². The van der Waals surface area contributed by atoms with Crippen LogP contribution in [-0.4, -0.2) is 71.7 Å². The first-order valence-electron chi connectivity index (χ1n) is 7.58. The number of carbonyl (C=O) groups is 4. The summed E-state index contributed by atoms with van der Waals surface area (Å²) in [5.74, 6) is -1.23. The SMILES string of the molecule is CC[C@H]([C@H](CC)N1CC(=O)NC(=O)C1)N1CC(=O)NC(=O)C1. The highest BCUT2D eigenvalue weighted by Crippen LogP contribution is 2.19. The van der Waals surface area contributed by atoms with Crippen molar-refractivity contribution in [2.24, 2.45) is 0 Å². The van der Waals surface area contributed by atoms with Crippen LogP contribution < -0.4 is 10.6 Å². The van der Waals surface area contributed by atoms with Crippen LogP contribution in [0, 0.1) is 0 Å². The standard InChI is InChI=1S/C14H22N4O4/c1-3-9(17-5-11(19)15-12(20)6-17)10(4-2)18-7-13(21)16-14(22)8-18/h9-10H,3-8H2,1-2H3,(H,15,19,20)(H,16,21,22)/t9-,10+. The van der Waals surface area contributed by atoms with Gasteiger partial charge in [-0.2, -0.15) is 0 Å². The van der Waals surface area contributed by atoms with Crippen LogP contribution in [0.15, 0.2) is 0 Å². The summed E-state index contributed by atoms with van der Waals surface area (Å²) in [5.41, 5.74) is 0. The predicted octanol–water partition coefficient (Wildman–Crippen LogP) is -1.54. The lowest BCUT2D eigenvalue weighted by Crippen LogP contribution is -2.63. The zero-order chi connectivity index (χ0) is 16.3. The first-order chi connectivity index (χ1) is 10.4. The van der Waals surface area contributed by atoms with Crippen molar-refractivity contribution in [1.29, 1.82) is 0 Å². The molecule has 2 saturated heterocycles. The van der Waals surface area contributed by atoms with Crippen LogP contribution in [0.25, 0.3) is 0 Å². The molecule has 0 unspecified atom stereocenters. The van der Waals surface area contributed by atoms with Crippen molar-refractivity contribution in [3.05, 3.63) is 0 Å². The van der Waals surface area contributed by atoms with E-state index in [1.54, 1.807) is 0 Å². The summed E-state index contributed by atoms with van der Waals surface area (Å²) in [6.45, 7) is 4.61. The van der Waals surface area contributed by atoms with Crippen LogP contribution >= 0.6 is 0 Å². The molecule has 0 saturated carbocycles. The summed E-state index contributed by atoms with van der Waals surface area (Å²) in [7, 11) is 0. The molecule has 2 aliphatic rings. The highest BCUT2D eigenvalue weighted by Gasteiger charge is 2.37. The molecule has 4 amide bonds. The minimum Gasteiger partial charge on any atom is -0.294 e. The van der Waals surface area contributed by atoms with E-state index in [1.165, 1.54) is 0 Å². The van der Waals surface area contributed by atoms with E-state index < -0.39 is 0 Å². The Bertz CT molecular complexity index is 417. The number of nitrogens with one attached hydrogen (secondary N) is 2. The molecule has 2 fully saturated rings. The first kappa shape index (κ1) is 16.6. The lowest BCUT2D eigenvalue weighted by Gasteiger charge is -2.43. The number of hydrogen-bond donors (Lipinski definition) is 2. The lowest BCUT2D eigenvalue weighted by atomic mass is 9.97. The third-order valence-corrected chi connectivity index (χ3v) is 4.16. The Morgan fingerprint density at radius 3 is 1.23 bits per heavy atom. The number of hydrogen-bond acceptors (Lipinski definition) is 6. The monoisotopic (exact) mass is 310 g/mol. The molecule has 2 aliphatic heterocycles. The largest absolute Gasteiger partial charge is 0.294 e. The summed E-state index contributed by atoms with van der Waals surface area (Å²) in [4.78, 5) is 50.0. The number of nitrogens with zero attached hydrogens (tertiary/aromatic N) is 2. The van der Waals surface area contributed by atoms with Crippen LogP contribution in [0.5, 0.6) is 0 Å². The molecule has 0 aromatic rings. The molecule has 0 bridgehead atoms. The Balaban J connectivity index is 2.15. The number of rotatable bonds is 5. The zero-order valence-electron chi connectivity index (χ0n) is 12.9. The fraction of sp³-hybridized carbons (Fsp3) is 0.714. The zero-order valence-corrected chi connectivity index (χ0v) is 12.9. The maximum Gasteiger partial charge on any atom is 0.240 e. The third kappa shape index (κ3) is 3.69. The van der Waals surface area contributed by atoms with Gasteiger partial charge in [0, 0.05) is 12.1 Å². The van der Waals surface area contributed by atoms with Crippen molar-refractivity contribution in [1.82, 2.24) is 20.4 Å². The van der Waals surface area contributed by atoms with Gasteiger partial charge in [0.2, 0.25) is 23.6 Å². The van der Waals surface area contributed by atoms with Gasteiger partial charge >= 0.3 is 0 Å². The van der Waals surface area contributed by atoms with E-state index in [2.05, 4.69) is 10.6 Å². The molecule has 22 heavy (non-hydrogen) atoms. The third-order valence-electron chi connectivity index (χ3n) is 4.16. The lowest BCUT2D eigenvalue weighted by molar-refractivity contribution is -0.142. The van der Waals surface area contributed by atoms with E-state index in [9.17, 15) is 19.2 Å². The smallest absolute Gasteiger partial charge is 0.240 e. The second-order valence-corrected chi connectivity index (χ2v) is 5.70. The van der Waals surface area contributed by atoms with Gasteiger partial charge in [0.15, 0.2) is 0 Å².